The third-order valence-corrected chi connectivity index (χ3v) is 6.13. The first-order valence-electron chi connectivity index (χ1n) is 9.08. The molecular formula is C18H34N2O. The minimum atomic E-state index is 0.393. The Morgan fingerprint density at radius 2 is 1.76 bits per heavy atom. The maximum atomic E-state index is 5.57. The van der Waals surface area contributed by atoms with Gasteiger partial charge in [-0.15, -0.1) is 0 Å². The van der Waals surface area contributed by atoms with E-state index in [0.29, 0.717) is 10.8 Å². The van der Waals surface area contributed by atoms with Gasteiger partial charge in [0.25, 0.3) is 0 Å². The summed E-state index contributed by atoms with van der Waals surface area (Å²) >= 11 is 0. The predicted molar refractivity (Wildman–Crippen MR) is 87.6 cm³/mol. The van der Waals surface area contributed by atoms with Crippen molar-refractivity contribution in [1.29, 1.82) is 0 Å². The first-order valence-corrected chi connectivity index (χ1v) is 9.08. The van der Waals surface area contributed by atoms with Crippen LogP contribution in [0.3, 0.4) is 0 Å². The molecule has 3 rings (SSSR count). The quantitative estimate of drug-likeness (QED) is 0.781. The maximum Gasteiger partial charge on any atom is 0.0531 e. The average Bonchev–Trinajstić information content (AvgIpc) is 3.21. The van der Waals surface area contributed by atoms with Crippen LogP contribution in [-0.4, -0.2) is 50.8 Å². The van der Waals surface area contributed by atoms with Crippen molar-refractivity contribution in [3.8, 4) is 0 Å². The lowest BCUT2D eigenvalue weighted by Gasteiger charge is -2.44. The lowest BCUT2D eigenvalue weighted by atomic mass is 9.78. The third kappa shape index (κ3) is 4.20. The molecule has 3 heteroatoms. The molecule has 2 aliphatic carbocycles. The van der Waals surface area contributed by atoms with Crippen LogP contribution >= 0.6 is 0 Å². The van der Waals surface area contributed by atoms with Gasteiger partial charge in [-0.3, -0.25) is 0 Å². The Balaban J connectivity index is 1.48. The molecule has 0 bridgehead atoms. The van der Waals surface area contributed by atoms with Gasteiger partial charge in [-0.1, -0.05) is 19.8 Å². The molecule has 1 heterocycles. The summed E-state index contributed by atoms with van der Waals surface area (Å²) in [5.74, 6) is 0. The second kappa shape index (κ2) is 6.55. The van der Waals surface area contributed by atoms with E-state index < -0.39 is 0 Å². The molecule has 0 radical (unpaired) electrons. The van der Waals surface area contributed by atoms with E-state index in [9.17, 15) is 0 Å². The third-order valence-electron chi connectivity index (χ3n) is 6.13. The summed E-state index contributed by atoms with van der Waals surface area (Å²) < 4.78 is 5.57. The van der Waals surface area contributed by atoms with Crippen LogP contribution in [0.5, 0.6) is 0 Å². The van der Waals surface area contributed by atoms with E-state index in [1.165, 1.54) is 71.0 Å². The van der Waals surface area contributed by atoms with Crippen molar-refractivity contribution < 1.29 is 4.74 Å². The van der Waals surface area contributed by atoms with Crippen molar-refractivity contribution in [2.45, 2.75) is 64.3 Å². The molecule has 0 spiro atoms. The second-order valence-electron chi connectivity index (χ2n) is 8.38. The fourth-order valence-electron chi connectivity index (χ4n) is 4.44. The number of ether oxygens (including phenoxy) is 1. The van der Waals surface area contributed by atoms with Gasteiger partial charge in [-0.05, 0) is 57.0 Å². The molecule has 122 valence electrons. The van der Waals surface area contributed by atoms with Crippen LogP contribution in [-0.2, 0) is 4.74 Å². The minimum Gasteiger partial charge on any atom is -0.384 e. The molecule has 0 aromatic carbocycles. The number of rotatable bonds is 7. The van der Waals surface area contributed by atoms with Crippen LogP contribution < -0.4 is 5.32 Å². The molecule has 1 saturated heterocycles. The van der Waals surface area contributed by atoms with Gasteiger partial charge in [0.05, 0.1) is 6.61 Å². The zero-order valence-electron chi connectivity index (χ0n) is 14.1. The van der Waals surface area contributed by atoms with Crippen LogP contribution in [0.1, 0.15) is 58.3 Å². The summed E-state index contributed by atoms with van der Waals surface area (Å²) in [5, 5.41) is 3.75. The van der Waals surface area contributed by atoms with Crippen LogP contribution in [0.15, 0.2) is 0 Å². The van der Waals surface area contributed by atoms with E-state index in [0.717, 1.165) is 19.2 Å². The van der Waals surface area contributed by atoms with E-state index >= 15 is 0 Å². The molecule has 0 aromatic rings. The Morgan fingerprint density at radius 3 is 2.33 bits per heavy atom. The van der Waals surface area contributed by atoms with Crippen LogP contribution in [0, 0.1) is 10.8 Å². The Morgan fingerprint density at radius 1 is 1.10 bits per heavy atom. The van der Waals surface area contributed by atoms with Gasteiger partial charge in [0.2, 0.25) is 0 Å². The molecule has 0 unspecified atom stereocenters. The zero-order valence-corrected chi connectivity index (χ0v) is 14.1. The zero-order chi connectivity index (χ0) is 14.8. The number of hydrogen-bond acceptors (Lipinski definition) is 3. The van der Waals surface area contributed by atoms with Crippen molar-refractivity contribution in [2.24, 2.45) is 10.8 Å². The number of hydrogen-bond donors (Lipinski definition) is 1. The van der Waals surface area contributed by atoms with Crippen molar-refractivity contribution in [1.82, 2.24) is 10.2 Å². The fourth-order valence-corrected chi connectivity index (χ4v) is 4.44. The van der Waals surface area contributed by atoms with Gasteiger partial charge < -0.3 is 15.0 Å². The van der Waals surface area contributed by atoms with Gasteiger partial charge in [-0.25, -0.2) is 0 Å². The van der Waals surface area contributed by atoms with Crippen molar-refractivity contribution in [3.05, 3.63) is 0 Å². The molecular weight excluding hydrogens is 260 g/mol. The lowest BCUT2D eigenvalue weighted by molar-refractivity contribution is 0.0111. The summed E-state index contributed by atoms with van der Waals surface area (Å²) in [6.45, 7) is 8.46. The van der Waals surface area contributed by atoms with Gasteiger partial charge >= 0.3 is 0 Å². The van der Waals surface area contributed by atoms with Gasteiger partial charge in [0.1, 0.15) is 0 Å². The molecule has 1 aliphatic heterocycles. The largest absolute Gasteiger partial charge is 0.384 e. The minimum absolute atomic E-state index is 0.393. The van der Waals surface area contributed by atoms with E-state index in [1.54, 1.807) is 0 Å². The first kappa shape index (κ1) is 15.8. The molecule has 2 saturated carbocycles. The highest BCUT2D eigenvalue weighted by Crippen LogP contribution is 2.40. The monoisotopic (exact) mass is 294 g/mol. The Bertz CT molecular complexity index is 326. The number of likely N-dealkylation sites (tertiary alicyclic amines) is 1. The second-order valence-corrected chi connectivity index (χ2v) is 8.38. The SMILES string of the molecule is COCC1(CNC2CC2)CCN(CC2(C)CCCC2)CC1. The number of nitrogens with zero attached hydrogens (tertiary/aromatic N) is 1. The summed E-state index contributed by atoms with van der Waals surface area (Å²) in [7, 11) is 1.87. The average molecular weight is 294 g/mol. The lowest BCUT2D eigenvalue weighted by Crippen LogP contribution is -2.49. The molecule has 0 amide bonds. The molecule has 3 aliphatic rings. The number of methoxy groups -OCH3 is 1. The van der Waals surface area contributed by atoms with Crippen LogP contribution in [0.4, 0.5) is 0 Å². The van der Waals surface area contributed by atoms with Crippen molar-refractivity contribution in [2.75, 3.05) is 39.9 Å². The Hall–Kier alpha value is -0.120. The standard InChI is InChI=1S/C18H34N2O/c1-17(7-3-4-8-17)14-20-11-9-18(10-12-20,15-21-2)13-19-16-5-6-16/h16,19H,3-15H2,1-2H3. The highest BCUT2D eigenvalue weighted by Gasteiger charge is 2.38. The first-order chi connectivity index (χ1) is 10.1. The fraction of sp³-hybridized carbons (Fsp3) is 1.00. The predicted octanol–water partition coefficient (Wildman–Crippen LogP) is 3.05. The van der Waals surface area contributed by atoms with Gasteiger partial charge in [0, 0.05) is 31.7 Å². The van der Waals surface area contributed by atoms with E-state index in [-0.39, 0.29) is 0 Å². The number of nitrogens with one attached hydrogen (secondary N) is 1. The topological polar surface area (TPSA) is 24.5 Å². The number of piperidine rings is 1. The van der Waals surface area contributed by atoms with Crippen LogP contribution in [0.25, 0.3) is 0 Å². The normalized spacial score (nSPS) is 28.9. The highest BCUT2D eigenvalue weighted by atomic mass is 16.5. The van der Waals surface area contributed by atoms with Gasteiger partial charge in [-0.2, -0.15) is 0 Å². The van der Waals surface area contributed by atoms with Crippen molar-refractivity contribution in [3.63, 3.8) is 0 Å². The molecule has 0 aromatic heterocycles. The van der Waals surface area contributed by atoms with E-state index in [1.807, 2.05) is 7.11 Å². The van der Waals surface area contributed by atoms with Crippen LogP contribution in [0.2, 0.25) is 0 Å². The molecule has 3 nitrogen and oxygen atoms in total. The smallest absolute Gasteiger partial charge is 0.0531 e. The molecule has 1 N–H and O–H groups in total. The maximum absolute atomic E-state index is 5.57. The highest BCUT2D eigenvalue weighted by molar-refractivity contribution is 4.93. The van der Waals surface area contributed by atoms with Crippen molar-refractivity contribution >= 4 is 0 Å². The molecule has 3 fully saturated rings. The molecule has 0 atom stereocenters. The summed E-state index contributed by atoms with van der Waals surface area (Å²) in [5.41, 5.74) is 0.998. The van der Waals surface area contributed by atoms with E-state index in [4.69, 9.17) is 4.74 Å². The summed E-state index contributed by atoms with van der Waals surface area (Å²) in [4.78, 5) is 2.73. The van der Waals surface area contributed by atoms with E-state index in [2.05, 4.69) is 17.1 Å². The Labute approximate surface area is 130 Å². The Kier molecular flexibility index (Phi) is 4.92. The summed E-state index contributed by atoms with van der Waals surface area (Å²) in [6.07, 6.45) is 11.1. The summed E-state index contributed by atoms with van der Waals surface area (Å²) in [6, 6.07) is 0.814. The van der Waals surface area contributed by atoms with Gasteiger partial charge in [0.15, 0.2) is 0 Å². The molecule has 21 heavy (non-hydrogen) atoms.